The SMILES string of the molecule is CCNC(=NCC(c1cccs1)N1CCCC1)NCCc1cn2ccccc2n1. The van der Waals surface area contributed by atoms with Crippen LogP contribution in [0.1, 0.15) is 36.4 Å². The number of likely N-dealkylation sites (tertiary alicyclic amines) is 1. The normalized spacial score (nSPS) is 16.4. The van der Waals surface area contributed by atoms with Crippen molar-refractivity contribution < 1.29 is 0 Å². The zero-order chi connectivity index (χ0) is 19.9. The lowest BCUT2D eigenvalue weighted by Crippen LogP contribution is -2.39. The van der Waals surface area contributed by atoms with Crippen LogP contribution in [-0.4, -0.2) is 53.0 Å². The molecule has 0 aromatic carbocycles. The number of fused-ring (bicyclic) bond motifs is 1. The number of thiophene rings is 1. The average molecular weight is 411 g/mol. The highest BCUT2D eigenvalue weighted by Gasteiger charge is 2.24. The summed E-state index contributed by atoms with van der Waals surface area (Å²) >= 11 is 1.84. The molecule has 4 rings (SSSR count). The van der Waals surface area contributed by atoms with E-state index < -0.39 is 0 Å². The zero-order valence-electron chi connectivity index (χ0n) is 17.1. The van der Waals surface area contributed by atoms with E-state index in [0.29, 0.717) is 6.04 Å². The number of aromatic nitrogens is 2. The molecule has 1 aliphatic heterocycles. The van der Waals surface area contributed by atoms with Gasteiger partial charge in [-0.15, -0.1) is 11.3 Å². The second-order valence-corrected chi connectivity index (χ2v) is 8.35. The van der Waals surface area contributed by atoms with Crippen molar-refractivity contribution in [2.45, 2.75) is 32.2 Å². The molecule has 1 unspecified atom stereocenters. The number of aliphatic imine (C=N–C) groups is 1. The zero-order valence-corrected chi connectivity index (χ0v) is 17.9. The predicted molar refractivity (Wildman–Crippen MR) is 121 cm³/mol. The van der Waals surface area contributed by atoms with Crippen molar-refractivity contribution in [1.29, 1.82) is 0 Å². The minimum Gasteiger partial charge on any atom is -0.357 e. The Morgan fingerprint density at radius 1 is 1.21 bits per heavy atom. The van der Waals surface area contributed by atoms with Crippen molar-refractivity contribution in [2.24, 2.45) is 4.99 Å². The Balaban J connectivity index is 1.37. The molecule has 0 aliphatic carbocycles. The Morgan fingerprint density at radius 2 is 2.10 bits per heavy atom. The first-order valence-electron chi connectivity index (χ1n) is 10.6. The van der Waals surface area contributed by atoms with Crippen LogP contribution < -0.4 is 10.6 Å². The summed E-state index contributed by atoms with van der Waals surface area (Å²) < 4.78 is 2.07. The van der Waals surface area contributed by atoms with Gasteiger partial charge in [0.05, 0.1) is 18.3 Å². The third-order valence-corrected chi connectivity index (χ3v) is 6.28. The van der Waals surface area contributed by atoms with Crippen molar-refractivity contribution >= 4 is 22.9 Å². The second-order valence-electron chi connectivity index (χ2n) is 7.37. The first-order chi connectivity index (χ1) is 14.3. The van der Waals surface area contributed by atoms with E-state index in [9.17, 15) is 0 Å². The summed E-state index contributed by atoms with van der Waals surface area (Å²) in [7, 11) is 0. The maximum Gasteiger partial charge on any atom is 0.191 e. The first-order valence-corrected chi connectivity index (χ1v) is 11.4. The molecule has 2 N–H and O–H groups in total. The number of hydrogen-bond donors (Lipinski definition) is 2. The Kier molecular flexibility index (Phi) is 6.79. The first kappa shape index (κ1) is 19.9. The minimum atomic E-state index is 0.381. The van der Waals surface area contributed by atoms with Gasteiger partial charge in [-0.2, -0.15) is 0 Å². The highest BCUT2D eigenvalue weighted by Crippen LogP contribution is 2.28. The number of rotatable bonds is 8. The van der Waals surface area contributed by atoms with Crippen LogP contribution in [0.4, 0.5) is 0 Å². The summed E-state index contributed by atoms with van der Waals surface area (Å²) in [4.78, 5) is 13.6. The van der Waals surface area contributed by atoms with Crippen LogP contribution in [0.15, 0.2) is 53.1 Å². The highest BCUT2D eigenvalue weighted by atomic mass is 32.1. The summed E-state index contributed by atoms with van der Waals surface area (Å²) in [5.41, 5.74) is 2.08. The molecule has 6 nitrogen and oxygen atoms in total. The van der Waals surface area contributed by atoms with Crippen LogP contribution in [0.2, 0.25) is 0 Å². The van der Waals surface area contributed by atoms with Crippen LogP contribution in [0, 0.1) is 0 Å². The van der Waals surface area contributed by atoms with Crippen molar-refractivity contribution in [2.75, 3.05) is 32.7 Å². The number of imidazole rings is 1. The molecular formula is C22H30N6S. The number of nitrogens with one attached hydrogen (secondary N) is 2. The van der Waals surface area contributed by atoms with Gasteiger partial charge in [0.25, 0.3) is 0 Å². The van der Waals surface area contributed by atoms with E-state index in [1.807, 2.05) is 35.7 Å². The highest BCUT2D eigenvalue weighted by molar-refractivity contribution is 7.10. The summed E-state index contributed by atoms with van der Waals surface area (Å²) in [6, 6.07) is 10.8. The van der Waals surface area contributed by atoms with Gasteiger partial charge in [0.1, 0.15) is 5.65 Å². The molecule has 3 aromatic rings. The van der Waals surface area contributed by atoms with Crippen LogP contribution in [0.5, 0.6) is 0 Å². The van der Waals surface area contributed by atoms with Gasteiger partial charge in [-0.1, -0.05) is 12.1 Å². The Bertz CT molecular complexity index is 877. The van der Waals surface area contributed by atoms with E-state index in [2.05, 4.69) is 55.6 Å². The Morgan fingerprint density at radius 3 is 2.86 bits per heavy atom. The molecular weight excluding hydrogens is 380 g/mol. The van der Waals surface area contributed by atoms with Crippen molar-refractivity contribution in [3.63, 3.8) is 0 Å². The van der Waals surface area contributed by atoms with Crippen molar-refractivity contribution in [1.82, 2.24) is 24.9 Å². The lowest BCUT2D eigenvalue weighted by Gasteiger charge is -2.25. The number of hydrogen-bond acceptors (Lipinski definition) is 4. The Labute approximate surface area is 176 Å². The van der Waals surface area contributed by atoms with Gasteiger partial charge in [-0.3, -0.25) is 9.89 Å². The molecule has 1 fully saturated rings. The van der Waals surface area contributed by atoms with Crippen molar-refractivity contribution in [3.8, 4) is 0 Å². The molecule has 0 radical (unpaired) electrons. The molecule has 154 valence electrons. The van der Waals surface area contributed by atoms with E-state index in [0.717, 1.165) is 43.4 Å². The standard InChI is InChI=1S/C22H30N6S/c1-2-23-22(24-11-10-18-17-28-14-4-3-9-21(28)26-18)25-16-19(20-8-7-15-29-20)27-12-5-6-13-27/h3-4,7-9,14-15,17,19H,2,5-6,10-13,16H2,1H3,(H2,23,24,25). The maximum absolute atomic E-state index is 4.92. The van der Waals surface area contributed by atoms with Gasteiger partial charge in [-0.25, -0.2) is 4.98 Å². The molecule has 1 saturated heterocycles. The van der Waals surface area contributed by atoms with E-state index >= 15 is 0 Å². The van der Waals surface area contributed by atoms with Gasteiger partial charge in [-0.05, 0) is 56.4 Å². The van der Waals surface area contributed by atoms with Crippen molar-refractivity contribution in [3.05, 3.63) is 58.7 Å². The van der Waals surface area contributed by atoms with Gasteiger partial charge in [0.15, 0.2) is 5.96 Å². The predicted octanol–water partition coefficient (Wildman–Crippen LogP) is 3.33. The second kappa shape index (κ2) is 9.89. The fourth-order valence-electron chi connectivity index (χ4n) is 3.86. The van der Waals surface area contributed by atoms with Gasteiger partial charge in [0.2, 0.25) is 0 Å². The third kappa shape index (κ3) is 5.16. The van der Waals surface area contributed by atoms with Gasteiger partial charge >= 0.3 is 0 Å². The lowest BCUT2D eigenvalue weighted by atomic mass is 10.2. The van der Waals surface area contributed by atoms with Crippen LogP contribution in [-0.2, 0) is 6.42 Å². The van der Waals surface area contributed by atoms with E-state index in [1.54, 1.807) is 0 Å². The number of pyridine rings is 1. The molecule has 29 heavy (non-hydrogen) atoms. The van der Waals surface area contributed by atoms with Gasteiger partial charge in [0, 0.05) is 36.8 Å². The Hall–Kier alpha value is -2.38. The van der Waals surface area contributed by atoms with Crippen LogP contribution in [0.3, 0.4) is 0 Å². The molecule has 0 bridgehead atoms. The minimum absolute atomic E-state index is 0.381. The number of nitrogens with zero attached hydrogens (tertiary/aromatic N) is 4. The fourth-order valence-corrected chi connectivity index (χ4v) is 4.71. The lowest BCUT2D eigenvalue weighted by molar-refractivity contribution is 0.255. The quantitative estimate of drug-likeness (QED) is 0.442. The number of guanidine groups is 1. The van der Waals surface area contributed by atoms with E-state index in [-0.39, 0.29) is 0 Å². The molecule has 0 amide bonds. The molecule has 1 aliphatic rings. The van der Waals surface area contributed by atoms with Crippen LogP contribution in [0.25, 0.3) is 5.65 Å². The largest absolute Gasteiger partial charge is 0.357 e. The van der Waals surface area contributed by atoms with Crippen LogP contribution >= 0.6 is 11.3 Å². The maximum atomic E-state index is 4.92. The smallest absolute Gasteiger partial charge is 0.191 e. The van der Waals surface area contributed by atoms with E-state index in [4.69, 9.17) is 4.99 Å². The molecule has 1 atom stereocenters. The monoisotopic (exact) mass is 410 g/mol. The third-order valence-electron chi connectivity index (χ3n) is 5.31. The summed E-state index contributed by atoms with van der Waals surface area (Å²) in [5.74, 6) is 0.886. The molecule has 0 saturated carbocycles. The molecule has 0 spiro atoms. The molecule has 4 heterocycles. The summed E-state index contributed by atoms with van der Waals surface area (Å²) in [5, 5.41) is 9.03. The van der Waals surface area contributed by atoms with E-state index in [1.165, 1.54) is 30.8 Å². The summed E-state index contributed by atoms with van der Waals surface area (Å²) in [6.45, 7) is 6.91. The fraction of sp³-hybridized carbons (Fsp3) is 0.455. The topological polar surface area (TPSA) is 57.0 Å². The summed E-state index contributed by atoms with van der Waals surface area (Å²) in [6.07, 6.45) is 7.59. The molecule has 7 heteroatoms. The molecule has 3 aromatic heterocycles. The average Bonchev–Trinajstić information content (AvgIpc) is 3.49. The van der Waals surface area contributed by atoms with Gasteiger partial charge < -0.3 is 15.0 Å².